The predicted molar refractivity (Wildman–Crippen MR) is 85.7 cm³/mol. The fourth-order valence-corrected chi connectivity index (χ4v) is 7.06. The van der Waals surface area contributed by atoms with Gasteiger partial charge in [0.15, 0.2) is 0 Å². The van der Waals surface area contributed by atoms with Crippen LogP contribution in [-0.4, -0.2) is 18.9 Å². The fraction of sp³-hybridized carbons (Fsp3) is 0.250. The van der Waals surface area contributed by atoms with Crippen molar-refractivity contribution in [2.45, 2.75) is 12.1 Å². The normalized spacial score (nSPS) is 19.5. The lowest BCUT2D eigenvalue weighted by Crippen LogP contribution is -2.25. The van der Waals surface area contributed by atoms with E-state index in [1.165, 1.54) is 10.6 Å². The van der Waals surface area contributed by atoms with E-state index in [0.29, 0.717) is 5.66 Å². The van der Waals surface area contributed by atoms with Gasteiger partial charge in [-0.25, -0.2) is 0 Å². The molecule has 1 atom stereocenters. The minimum atomic E-state index is -1.76. The van der Waals surface area contributed by atoms with Crippen molar-refractivity contribution in [1.82, 2.24) is 0 Å². The summed E-state index contributed by atoms with van der Waals surface area (Å²) in [7, 11) is 0. The maximum absolute atomic E-state index is 6.23. The van der Waals surface area contributed by atoms with Crippen molar-refractivity contribution in [3.8, 4) is 0 Å². The van der Waals surface area contributed by atoms with Crippen molar-refractivity contribution in [2.24, 2.45) is 0 Å². The number of ether oxygens (including phenoxy) is 1. The van der Waals surface area contributed by atoms with Crippen LogP contribution in [0.25, 0.3) is 0 Å². The van der Waals surface area contributed by atoms with Crippen molar-refractivity contribution in [1.29, 1.82) is 0 Å². The van der Waals surface area contributed by atoms with E-state index in [0.717, 1.165) is 19.6 Å². The van der Waals surface area contributed by atoms with E-state index in [1.807, 2.05) is 0 Å². The van der Waals surface area contributed by atoms with Crippen LogP contribution in [-0.2, 0) is 16.5 Å². The molecule has 0 amide bonds. The Labute approximate surface area is 119 Å². The van der Waals surface area contributed by atoms with Gasteiger partial charge in [-0.1, -0.05) is 72.5 Å². The third kappa shape index (κ3) is 2.41. The first-order valence-corrected chi connectivity index (χ1v) is 9.47. The summed E-state index contributed by atoms with van der Waals surface area (Å²) < 4.78 is 5.61. The van der Waals surface area contributed by atoms with Crippen LogP contribution in [0.5, 0.6) is 0 Å². The second-order valence-electron chi connectivity index (χ2n) is 4.85. The van der Waals surface area contributed by atoms with Crippen LogP contribution >= 0.6 is 6.04 Å². The third-order valence-electron chi connectivity index (χ3n) is 3.70. The van der Waals surface area contributed by atoms with Gasteiger partial charge in [-0.3, -0.25) is 0 Å². The molecule has 1 heterocycles. The third-order valence-corrected chi connectivity index (χ3v) is 9.43. The topological polar surface area (TPSA) is 9.23 Å². The summed E-state index contributed by atoms with van der Waals surface area (Å²) in [6, 6.07) is 19.5. The molecule has 1 aliphatic rings. The molecule has 2 aromatic rings. The molecular formula is C16H17OPS. The Balaban J connectivity index is 2.13. The van der Waals surface area contributed by atoms with Crippen molar-refractivity contribution in [3.05, 3.63) is 60.7 Å². The number of rotatable bonds is 3. The lowest BCUT2D eigenvalue weighted by Gasteiger charge is -2.28. The highest BCUT2D eigenvalue weighted by atomic mass is 32.4. The van der Waals surface area contributed by atoms with E-state index < -0.39 is 6.04 Å². The standard InChI is InChI=1S/C16H17OPS/c19-18(16-11-12-17-13-16,14-7-3-1-4-8-14)15-9-5-2-6-10-15/h1-10,16H,11-13H2. The van der Waals surface area contributed by atoms with E-state index in [4.69, 9.17) is 16.5 Å². The van der Waals surface area contributed by atoms with Gasteiger partial charge in [-0.2, -0.15) is 0 Å². The Kier molecular flexibility index (Phi) is 3.83. The summed E-state index contributed by atoms with van der Waals surface area (Å²) in [5.41, 5.74) is 0.479. The van der Waals surface area contributed by atoms with E-state index in [-0.39, 0.29) is 0 Å². The Morgan fingerprint density at radius 3 is 1.84 bits per heavy atom. The predicted octanol–water partition coefficient (Wildman–Crippen LogP) is 2.91. The molecule has 1 nitrogen and oxygen atoms in total. The number of hydrogen-bond acceptors (Lipinski definition) is 2. The van der Waals surface area contributed by atoms with Gasteiger partial charge in [-0.15, -0.1) is 0 Å². The first kappa shape index (κ1) is 13.1. The SMILES string of the molecule is S=P(c1ccccc1)(c1ccccc1)C1CCOC1. The minimum absolute atomic E-state index is 0.479. The highest BCUT2D eigenvalue weighted by Crippen LogP contribution is 2.51. The molecule has 3 rings (SSSR count). The molecule has 0 aromatic heterocycles. The summed E-state index contributed by atoms with van der Waals surface area (Å²) in [4.78, 5) is 0. The van der Waals surface area contributed by atoms with Crippen LogP contribution in [0.1, 0.15) is 6.42 Å². The maximum Gasteiger partial charge on any atom is 0.0547 e. The molecule has 0 bridgehead atoms. The smallest absolute Gasteiger partial charge is 0.0547 e. The van der Waals surface area contributed by atoms with Gasteiger partial charge in [0.25, 0.3) is 0 Å². The maximum atomic E-state index is 6.23. The van der Waals surface area contributed by atoms with Gasteiger partial charge in [0.1, 0.15) is 0 Å². The first-order chi connectivity index (χ1) is 9.32. The molecule has 0 aliphatic carbocycles. The molecule has 0 saturated carbocycles. The van der Waals surface area contributed by atoms with Gasteiger partial charge in [0.2, 0.25) is 0 Å². The van der Waals surface area contributed by atoms with E-state index in [9.17, 15) is 0 Å². The summed E-state index contributed by atoms with van der Waals surface area (Å²) >= 11 is 6.23. The van der Waals surface area contributed by atoms with Crippen molar-refractivity contribution >= 4 is 28.5 Å². The van der Waals surface area contributed by atoms with Crippen LogP contribution in [0.2, 0.25) is 0 Å². The highest BCUT2D eigenvalue weighted by molar-refractivity contribution is 8.22. The zero-order chi connectivity index (χ0) is 13.1. The molecule has 1 unspecified atom stereocenters. The lowest BCUT2D eigenvalue weighted by atomic mass is 10.3. The van der Waals surface area contributed by atoms with Gasteiger partial charge in [-0.05, 0) is 17.0 Å². The number of hydrogen-bond donors (Lipinski definition) is 0. The molecule has 98 valence electrons. The molecule has 1 aliphatic heterocycles. The number of benzene rings is 2. The van der Waals surface area contributed by atoms with Gasteiger partial charge in [0.05, 0.1) is 6.61 Å². The Bertz CT molecular complexity index is 533. The molecular weight excluding hydrogens is 271 g/mol. The summed E-state index contributed by atoms with van der Waals surface area (Å²) in [6.07, 6.45) is 1.08. The first-order valence-electron chi connectivity index (χ1n) is 6.60. The Morgan fingerprint density at radius 1 is 0.895 bits per heavy atom. The van der Waals surface area contributed by atoms with Crippen molar-refractivity contribution < 1.29 is 4.74 Å². The summed E-state index contributed by atoms with van der Waals surface area (Å²) in [5, 5.41) is 2.62. The lowest BCUT2D eigenvalue weighted by molar-refractivity contribution is 0.199. The highest BCUT2D eigenvalue weighted by Gasteiger charge is 2.34. The monoisotopic (exact) mass is 288 g/mol. The molecule has 0 N–H and O–H groups in total. The van der Waals surface area contributed by atoms with E-state index >= 15 is 0 Å². The Hall–Kier alpha value is -0.950. The quantitative estimate of drug-likeness (QED) is 0.803. The van der Waals surface area contributed by atoms with Gasteiger partial charge < -0.3 is 4.74 Å². The second kappa shape index (κ2) is 5.58. The van der Waals surface area contributed by atoms with Crippen LogP contribution < -0.4 is 10.6 Å². The van der Waals surface area contributed by atoms with Crippen LogP contribution in [0.4, 0.5) is 0 Å². The molecule has 0 spiro atoms. The van der Waals surface area contributed by atoms with Crippen LogP contribution in [0.3, 0.4) is 0 Å². The van der Waals surface area contributed by atoms with Crippen LogP contribution in [0, 0.1) is 0 Å². The van der Waals surface area contributed by atoms with Crippen LogP contribution in [0.15, 0.2) is 60.7 Å². The van der Waals surface area contributed by atoms with Gasteiger partial charge in [0, 0.05) is 18.3 Å². The van der Waals surface area contributed by atoms with Crippen molar-refractivity contribution in [2.75, 3.05) is 13.2 Å². The molecule has 3 heteroatoms. The zero-order valence-corrected chi connectivity index (χ0v) is 12.4. The second-order valence-corrected chi connectivity index (χ2v) is 9.65. The molecule has 0 radical (unpaired) electrons. The average Bonchev–Trinajstić information content (AvgIpc) is 3.03. The fourth-order valence-electron chi connectivity index (χ4n) is 2.68. The van der Waals surface area contributed by atoms with Gasteiger partial charge >= 0.3 is 0 Å². The largest absolute Gasteiger partial charge is 0.381 e. The summed E-state index contributed by atoms with van der Waals surface area (Å²) in [5.74, 6) is 0. The average molecular weight is 288 g/mol. The molecule has 19 heavy (non-hydrogen) atoms. The zero-order valence-electron chi connectivity index (χ0n) is 10.7. The molecule has 1 saturated heterocycles. The Morgan fingerprint density at radius 2 is 1.42 bits per heavy atom. The van der Waals surface area contributed by atoms with E-state index in [1.54, 1.807) is 0 Å². The summed E-state index contributed by atoms with van der Waals surface area (Å²) in [6.45, 7) is 1.66. The molecule has 1 fully saturated rings. The van der Waals surface area contributed by atoms with E-state index in [2.05, 4.69) is 60.7 Å². The molecule has 2 aromatic carbocycles. The van der Waals surface area contributed by atoms with Crippen molar-refractivity contribution in [3.63, 3.8) is 0 Å². The minimum Gasteiger partial charge on any atom is -0.381 e.